The second-order valence-corrected chi connectivity index (χ2v) is 5.58. The monoisotopic (exact) mass is 410 g/mol. The largest absolute Gasteiger partial charge is 0.321 e. The zero-order valence-corrected chi connectivity index (χ0v) is 12.9. The molecule has 0 bridgehead atoms. The van der Waals surface area contributed by atoms with E-state index in [1.165, 1.54) is 0 Å². The molecule has 0 saturated carbocycles. The summed E-state index contributed by atoms with van der Waals surface area (Å²) in [6.07, 6.45) is 0.941. The van der Waals surface area contributed by atoms with Crippen LogP contribution in [0.5, 0.6) is 0 Å². The predicted molar refractivity (Wildman–Crippen MR) is 81.3 cm³/mol. The highest BCUT2D eigenvalue weighted by Crippen LogP contribution is 2.25. The molecular formula is C12H6Cl2FIN2O. The fraction of sp³-hybridized carbons (Fsp3) is 0. The zero-order chi connectivity index (χ0) is 14.0. The van der Waals surface area contributed by atoms with Crippen LogP contribution in [-0.2, 0) is 0 Å². The fourth-order valence-corrected chi connectivity index (χ4v) is 2.45. The Bertz CT molecular complexity index is 652. The first-order valence-electron chi connectivity index (χ1n) is 5.05. The number of carbonyl (C=O) groups is 1. The molecule has 19 heavy (non-hydrogen) atoms. The lowest BCUT2D eigenvalue weighted by atomic mass is 10.2. The van der Waals surface area contributed by atoms with Crippen molar-refractivity contribution in [2.24, 2.45) is 0 Å². The summed E-state index contributed by atoms with van der Waals surface area (Å²) in [6.45, 7) is 0. The molecule has 1 aromatic heterocycles. The summed E-state index contributed by atoms with van der Waals surface area (Å²) < 4.78 is 14.0. The van der Waals surface area contributed by atoms with Crippen molar-refractivity contribution in [3.8, 4) is 0 Å². The molecule has 7 heteroatoms. The molecule has 3 nitrogen and oxygen atoms in total. The molecule has 1 N–H and O–H groups in total. The Kier molecular flexibility index (Phi) is 4.59. The van der Waals surface area contributed by atoms with Gasteiger partial charge in [-0.2, -0.15) is 0 Å². The van der Waals surface area contributed by atoms with Gasteiger partial charge in [0.2, 0.25) is 0 Å². The number of carbonyl (C=O) groups excluding carboxylic acids is 1. The van der Waals surface area contributed by atoms with Gasteiger partial charge in [-0.05, 0) is 46.9 Å². The van der Waals surface area contributed by atoms with Crippen molar-refractivity contribution in [1.82, 2.24) is 4.98 Å². The second kappa shape index (κ2) is 6.02. The Morgan fingerprint density at radius 1 is 1.32 bits per heavy atom. The number of nitrogens with one attached hydrogen (secondary N) is 1. The van der Waals surface area contributed by atoms with Gasteiger partial charge in [-0.15, -0.1) is 0 Å². The van der Waals surface area contributed by atoms with Gasteiger partial charge in [-0.3, -0.25) is 4.79 Å². The van der Waals surface area contributed by atoms with Crippen LogP contribution < -0.4 is 5.32 Å². The Balaban J connectivity index is 2.28. The summed E-state index contributed by atoms with van der Waals surface area (Å²) in [5.41, 5.74) is 0.378. The van der Waals surface area contributed by atoms with Gasteiger partial charge in [0.05, 0.1) is 22.5 Å². The van der Waals surface area contributed by atoms with Crippen LogP contribution in [0.15, 0.2) is 30.5 Å². The average Bonchev–Trinajstić information content (AvgIpc) is 2.35. The quantitative estimate of drug-likeness (QED) is 0.589. The van der Waals surface area contributed by atoms with E-state index in [1.807, 2.05) is 0 Å². The van der Waals surface area contributed by atoms with Gasteiger partial charge in [-0.25, -0.2) is 9.37 Å². The smallest absolute Gasteiger partial charge is 0.258 e. The predicted octanol–water partition coefficient (Wildman–Crippen LogP) is 4.38. The van der Waals surface area contributed by atoms with Crippen LogP contribution in [0.4, 0.5) is 10.1 Å². The van der Waals surface area contributed by atoms with Crippen molar-refractivity contribution < 1.29 is 9.18 Å². The van der Waals surface area contributed by atoms with Crippen molar-refractivity contribution in [3.63, 3.8) is 0 Å². The van der Waals surface area contributed by atoms with Crippen LogP contribution >= 0.6 is 45.8 Å². The maximum Gasteiger partial charge on any atom is 0.258 e. The number of anilines is 1. The topological polar surface area (TPSA) is 42.0 Å². The van der Waals surface area contributed by atoms with Crippen LogP contribution in [0.2, 0.25) is 10.2 Å². The van der Waals surface area contributed by atoms with Gasteiger partial charge in [0.25, 0.3) is 5.91 Å². The van der Waals surface area contributed by atoms with E-state index in [4.69, 9.17) is 23.2 Å². The minimum atomic E-state index is -0.636. The van der Waals surface area contributed by atoms with Crippen molar-refractivity contribution in [1.29, 1.82) is 0 Å². The van der Waals surface area contributed by atoms with Crippen LogP contribution in [0.25, 0.3) is 0 Å². The molecule has 1 aromatic carbocycles. The maximum absolute atomic E-state index is 13.1. The number of halogens is 4. The van der Waals surface area contributed by atoms with E-state index >= 15 is 0 Å². The molecular weight excluding hydrogens is 405 g/mol. The second-order valence-electron chi connectivity index (χ2n) is 3.57. The lowest BCUT2D eigenvalue weighted by Gasteiger charge is -2.08. The highest BCUT2D eigenvalue weighted by molar-refractivity contribution is 14.1. The first kappa shape index (κ1) is 14.5. The highest BCUT2D eigenvalue weighted by atomic mass is 127. The summed E-state index contributed by atoms with van der Waals surface area (Å²) in [4.78, 5) is 15.5. The third-order valence-corrected chi connectivity index (χ3v) is 3.51. The summed E-state index contributed by atoms with van der Waals surface area (Å²) >= 11 is 13.8. The molecule has 2 rings (SSSR count). The van der Waals surface area contributed by atoms with E-state index in [-0.39, 0.29) is 10.7 Å². The number of rotatable bonds is 2. The van der Waals surface area contributed by atoms with Crippen LogP contribution in [0.1, 0.15) is 10.4 Å². The number of hydrogen-bond donors (Lipinski definition) is 1. The Morgan fingerprint density at radius 2 is 2.05 bits per heavy atom. The van der Waals surface area contributed by atoms with E-state index < -0.39 is 11.7 Å². The SMILES string of the molecule is O=C(Nc1ccc(I)cc1Cl)c1cc(F)cnc1Cl. The van der Waals surface area contributed by atoms with E-state index in [2.05, 4.69) is 32.9 Å². The molecule has 0 radical (unpaired) electrons. The number of benzene rings is 1. The fourth-order valence-electron chi connectivity index (χ4n) is 1.36. The highest BCUT2D eigenvalue weighted by Gasteiger charge is 2.14. The molecule has 2 aromatic rings. The first-order chi connectivity index (χ1) is 8.97. The molecule has 0 aliphatic heterocycles. The summed E-state index contributed by atoms with van der Waals surface area (Å²) in [5, 5.41) is 2.88. The maximum atomic E-state index is 13.1. The molecule has 0 aliphatic rings. The van der Waals surface area contributed by atoms with Crippen molar-refractivity contribution in [2.45, 2.75) is 0 Å². The molecule has 0 unspecified atom stereocenters. The Labute approximate surface area is 132 Å². The Hall–Kier alpha value is -0.920. The summed E-state index contributed by atoms with van der Waals surface area (Å²) in [7, 11) is 0. The third-order valence-electron chi connectivity index (χ3n) is 2.23. The van der Waals surface area contributed by atoms with E-state index in [0.717, 1.165) is 15.8 Å². The summed E-state index contributed by atoms with van der Waals surface area (Å²) in [6, 6.07) is 6.16. The van der Waals surface area contributed by atoms with Gasteiger partial charge in [-0.1, -0.05) is 23.2 Å². The molecule has 0 saturated heterocycles. The normalized spacial score (nSPS) is 10.3. The third kappa shape index (κ3) is 3.55. The molecule has 98 valence electrons. The van der Waals surface area contributed by atoms with Gasteiger partial charge in [0, 0.05) is 3.57 Å². The molecule has 1 heterocycles. The molecule has 0 spiro atoms. The number of amides is 1. The Morgan fingerprint density at radius 3 is 2.74 bits per heavy atom. The number of aromatic nitrogens is 1. The van der Waals surface area contributed by atoms with Crippen molar-refractivity contribution in [3.05, 3.63) is 55.6 Å². The number of hydrogen-bond acceptors (Lipinski definition) is 2. The average molecular weight is 411 g/mol. The van der Waals surface area contributed by atoms with Gasteiger partial charge in [0.15, 0.2) is 0 Å². The van der Waals surface area contributed by atoms with Crippen LogP contribution in [0.3, 0.4) is 0 Å². The number of nitrogens with zero attached hydrogens (tertiary/aromatic N) is 1. The van der Waals surface area contributed by atoms with E-state index in [1.54, 1.807) is 18.2 Å². The minimum absolute atomic E-state index is 0.0451. The molecule has 0 aliphatic carbocycles. The van der Waals surface area contributed by atoms with Gasteiger partial charge < -0.3 is 5.32 Å². The van der Waals surface area contributed by atoms with Gasteiger partial charge in [0.1, 0.15) is 11.0 Å². The minimum Gasteiger partial charge on any atom is -0.321 e. The first-order valence-corrected chi connectivity index (χ1v) is 6.88. The molecule has 1 amide bonds. The van der Waals surface area contributed by atoms with E-state index in [9.17, 15) is 9.18 Å². The van der Waals surface area contributed by atoms with Gasteiger partial charge >= 0.3 is 0 Å². The van der Waals surface area contributed by atoms with Crippen LogP contribution in [-0.4, -0.2) is 10.9 Å². The lowest BCUT2D eigenvalue weighted by molar-refractivity contribution is 0.102. The summed E-state index contributed by atoms with van der Waals surface area (Å²) in [5.74, 6) is -1.21. The van der Waals surface area contributed by atoms with Crippen molar-refractivity contribution in [2.75, 3.05) is 5.32 Å². The van der Waals surface area contributed by atoms with Crippen molar-refractivity contribution >= 4 is 57.4 Å². The lowest BCUT2D eigenvalue weighted by Crippen LogP contribution is -2.13. The van der Waals surface area contributed by atoms with Crippen LogP contribution in [0, 0.1) is 9.39 Å². The number of pyridine rings is 1. The van der Waals surface area contributed by atoms with E-state index in [0.29, 0.717) is 10.7 Å². The molecule has 0 atom stereocenters. The standard InChI is InChI=1S/C12H6Cl2FIN2O/c13-9-4-7(16)1-2-10(9)18-12(19)8-3-6(15)5-17-11(8)14/h1-5H,(H,18,19). The zero-order valence-electron chi connectivity index (χ0n) is 9.25. The molecule has 0 fully saturated rings.